The van der Waals surface area contributed by atoms with E-state index in [4.69, 9.17) is 0 Å². The molecule has 0 saturated heterocycles. The third kappa shape index (κ3) is 1.82. The summed E-state index contributed by atoms with van der Waals surface area (Å²) >= 11 is 0. The first-order valence-corrected chi connectivity index (χ1v) is 6.11. The fourth-order valence-corrected chi connectivity index (χ4v) is 2.68. The van der Waals surface area contributed by atoms with Crippen LogP contribution in [0.25, 0.3) is 5.57 Å². The van der Waals surface area contributed by atoms with Gasteiger partial charge in [0.25, 0.3) is 0 Å². The molecule has 0 spiro atoms. The molecule has 1 aliphatic rings. The van der Waals surface area contributed by atoms with Crippen molar-refractivity contribution < 1.29 is 9.18 Å². The van der Waals surface area contributed by atoms with E-state index in [-0.39, 0.29) is 11.7 Å². The van der Waals surface area contributed by atoms with Gasteiger partial charge in [-0.05, 0) is 55.2 Å². The third-order valence-corrected chi connectivity index (χ3v) is 4.07. The van der Waals surface area contributed by atoms with Gasteiger partial charge in [-0.15, -0.1) is 0 Å². The molecule has 1 unspecified atom stereocenters. The highest BCUT2D eigenvalue weighted by Gasteiger charge is 2.26. The monoisotopic (exact) mass is 244 g/mol. The van der Waals surface area contributed by atoms with Crippen LogP contribution in [0, 0.1) is 11.7 Å². The van der Waals surface area contributed by atoms with E-state index < -0.39 is 0 Å². The van der Waals surface area contributed by atoms with Crippen LogP contribution >= 0.6 is 0 Å². The van der Waals surface area contributed by atoms with E-state index in [1.165, 1.54) is 28.9 Å². The van der Waals surface area contributed by atoms with Crippen LogP contribution in [0.2, 0.25) is 0 Å². The standard InChI is InChI=1S/C16H17FO/c1-9-10(2)12(4)16(11(9)3)15-6-5-14(17)7-13(15)8-18/h5-8,11H,1-4H3. The molecule has 1 aliphatic carbocycles. The van der Waals surface area contributed by atoms with Gasteiger partial charge in [-0.3, -0.25) is 4.79 Å². The van der Waals surface area contributed by atoms with Gasteiger partial charge in [0, 0.05) is 11.5 Å². The number of allylic oxidation sites excluding steroid dienone is 4. The van der Waals surface area contributed by atoms with Gasteiger partial charge >= 0.3 is 0 Å². The Hall–Kier alpha value is -1.70. The Labute approximate surface area is 107 Å². The van der Waals surface area contributed by atoms with Crippen molar-refractivity contribution in [1.82, 2.24) is 0 Å². The molecule has 2 rings (SSSR count). The molecule has 2 heteroatoms. The number of hydrogen-bond acceptors (Lipinski definition) is 1. The Kier molecular flexibility index (Phi) is 3.20. The molecule has 1 aromatic rings. The molecule has 1 atom stereocenters. The average molecular weight is 244 g/mol. The van der Waals surface area contributed by atoms with Crippen molar-refractivity contribution in [3.05, 3.63) is 51.9 Å². The van der Waals surface area contributed by atoms with E-state index in [0.717, 1.165) is 17.4 Å². The minimum Gasteiger partial charge on any atom is -0.298 e. The summed E-state index contributed by atoms with van der Waals surface area (Å²) in [6.07, 6.45) is 0.731. The zero-order valence-corrected chi connectivity index (χ0v) is 11.2. The van der Waals surface area contributed by atoms with Gasteiger partial charge in [0.1, 0.15) is 5.82 Å². The second-order valence-electron chi connectivity index (χ2n) is 4.92. The summed E-state index contributed by atoms with van der Waals surface area (Å²) in [5.74, 6) is -0.0830. The summed E-state index contributed by atoms with van der Waals surface area (Å²) < 4.78 is 13.2. The van der Waals surface area contributed by atoms with Gasteiger partial charge in [-0.1, -0.05) is 18.6 Å². The summed E-state index contributed by atoms with van der Waals surface area (Å²) in [6, 6.07) is 4.43. The van der Waals surface area contributed by atoms with Gasteiger partial charge in [0.15, 0.2) is 6.29 Å². The number of hydrogen-bond donors (Lipinski definition) is 0. The topological polar surface area (TPSA) is 17.1 Å². The molecule has 1 aromatic carbocycles. The predicted molar refractivity (Wildman–Crippen MR) is 71.9 cm³/mol. The Morgan fingerprint density at radius 2 is 1.83 bits per heavy atom. The van der Waals surface area contributed by atoms with Gasteiger partial charge in [-0.25, -0.2) is 4.39 Å². The molecule has 0 fully saturated rings. The highest BCUT2D eigenvalue weighted by molar-refractivity contribution is 5.90. The van der Waals surface area contributed by atoms with Gasteiger partial charge in [0.2, 0.25) is 0 Å². The third-order valence-electron chi connectivity index (χ3n) is 4.07. The molecule has 0 amide bonds. The Bertz CT molecular complexity index is 579. The fraction of sp³-hybridized carbons (Fsp3) is 0.312. The largest absolute Gasteiger partial charge is 0.298 e. The van der Waals surface area contributed by atoms with Gasteiger partial charge < -0.3 is 0 Å². The number of carbonyl (C=O) groups excluding carboxylic acids is 1. The highest BCUT2D eigenvalue weighted by atomic mass is 19.1. The first kappa shape index (κ1) is 12.7. The van der Waals surface area contributed by atoms with Crippen molar-refractivity contribution in [3.8, 4) is 0 Å². The molecular formula is C16H17FO. The van der Waals surface area contributed by atoms with Gasteiger partial charge in [-0.2, -0.15) is 0 Å². The Morgan fingerprint density at radius 1 is 1.17 bits per heavy atom. The van der Waals surface area contributed by atoms with Crippen LogP contribution in [0.3, 0.4) is 0 Å². The van der Waals surface area contributed by atoms with Crippen LogP contribution in [0.5, 0.6) is 0 Å². The van der Waals surface area contributed by atoms with Crippen LogP contribution in [0.1, 0.15) is 43.6 Å². The minimum atomic E-state index is -0.369. The minimum absolute atomic E-state index is 0.286. The molecule has 94 valence electrons. The number of halogens is 1. The molecule has 0 radical (unpaired) electrons. The summed E-state index contributed by atoms with van der Waals surface area (Å²) in [5, 5.41) is 0. The molecule has 0 N–H and O–H groups in total. The Balaban J connectivity index is 2.62. The summed E-state index contributed by atoms with van der Waals surface area (Å²) in [4.78, 5) is 11.1. The zero-order valence-electron chi connectivity index (χ0n) is 11.2. The Morgan fingerprint density at radius 3 is 2.33 bits per heavy atom. The summed E-state index contributed by atoms with van der Waals surface area (Å²) in [6.45, 7) is 8.40. The van der Waals surface area contributed by atoms with Crippen molar-refractivity contribution >= 4 is 11.9 Å². The molecule has 0 saturated carbocycles. The predicted octanol–water partition coefficient (Wildman–Crippen LogP) is 4.40. The fourth-order valence-electron chi connectivity index (χ4n) is 2.68. The zero-order chi connectivity index (χ0) is 13.4. The average Bonchev–Trinajstić information content (AvgIpc) is 2.55. The van der Waals surface area contributed by atoms with E-state index in [0.29, 0.717) is 5.56 Å². The van der Waals surface area contributed by atoms with Crippen molar-refractivity contribution in [3.63, 3.8) is 0 Å². The van der Waals surface area contributed by atoms with E-state index in [2.05, 4.69) is 27.7 Å². The normalized spacial score (nSPS) is 19.7. The number of rotatable bonds is 2. The van der Waals surface area contributed by atoms with Crippen molar-refractivity contribution in [1.29, 1.82) is 0 Å². The maximum absolute atomic E-state index is 13.2. The second-order valence-corrected chi connectivity index (χ2v) is 4.92. The lowest BCUT2D eigenvalue weighted by molar-refractivity contribution is 0.112. The summed E-state index contributed by atoms with van der Waals surface area (Å²) in [7, 11) is 0. The second kappa shape index (κ2) is 4.52. The van der Waals surface area contributed by atoms with E-state index in [1.807, 2.05) is 0 Å². The molecule has 18 heavy (non-hydrogen) atoms. The first-order chi connectivity index (χ1) is 8.47. The smallest absolute Gasteiger partial charge is 0.150 e. The molecule has 1 nitrogen and oxygen atoms in total. The quantitative estimate of drug-likeness (QED) is 0.705. The van der Waals surface area contributed by atoms with Crippen molar-refractivity contribution in [2.45, 2.75) is 27.7 Å². The van der Waals surface area contributed by atoms with E-state index in [1.54, 1.807) is 6.07 Å². The van der Waals surface area contributed by atoms with Crippen LogP contribution < -0.4 is 0 Å². The van der Waals surface area contributed by atoms with Crippen molar-refractivity contribution in [2.24, 2.45) is 5.92 Å². The molecule has 0 aliphatic heterocycles. The van der Waals surface area contributed by atoms with Crippen LogP contribution in [0.4, 0.5) is 4.39 Å². The number of carbonyl (C=O) groups is 1. The number of aldehydes is 1. The van der Waals surface area contributed by atoms with E-state index >= 15 is 0 Å². The van der Waals surface area contributed by atoms with Crippen molar-refractivity contribution in [2.75, 3.05) is 0 Å². The van der Waals surface area contributed by atoms with E-state index in [9.17, 15) is 9.18 Å². The van der Waals surface area contributed by atoms with Crippen LogP contribution in [-0.4, -0.2) is 6.29 Å². The first-order valence-electron chi connectivity index (χ1n) is 6.11. The lowest BCUT2D eigenvalue weighted by Crippen LogP contribution is -2.01. The maximum Gasteiger partial charge on any atom is 0.150 e. The number of benzene rings is 1. The molecule has 0 heterocycles. The molecule has 0 aromatic heterocycles. The lowest BCUT2D eigenvalue weighted by atomic mass is 9.89. The van der Waals surface area contributed by atoms with Gasteiger partial charge in [0.05, 0.1) is 0 Å². The lowest BCUT2D eigenvalue weighted by Gasteiger charge is -2.15. The summed E-state index contributed by atoms with van der Waals surface area (Å²) in [5.41, 5.74) is 6.23. The molecule has 0 bridgehead atoms. The van der Waals surface area contributed by atoms with Crippen LogP contribution in [-0.2, 0) is 0 Å². The maximum atomic E-state index is 13.2. The van der Waals surface area contributed by atoms with Crippen LogP contribution in [0.15, 0.2) is 34.9 Å². The SMILES string of the molecule is CC1=C(C)C(C)C(c2ccc(F)cc2C=O)=C1C. The highest BCUT2D eigenvalue weighted by Crippen LogP contribution is 2.42. The molecular weight excluding hydrogens is 227 g/mol.